The summed E-state index contributed by atoms with van der Waals surface area (Å²) in [5.74, 6) is 5.18. The van der Waals surface area contributed by atoms with E-state index in [0.29, 0.717) is 53.2 Å². The van der Waals surface area contributed by atoms with E-state index >= 15 is 0 Å². The summed E-state index contributed by atoms with van der Waals surface area (Å²) in [6.07, 6.45) is 9.73. The number of carbonyl (C=O) groups is 4. The van der Waals surface area contributed by atoms with Crippen molar-refractivity contribution < 1.29 is 19.2 Å². The van der Waals surface area contributed by atoms with Gasteiger partial charge in [0.05, 0.1) is 11.4 Å². The largest absolute Gasteiger partial charge is 0.381 e. The van der Waals surface area contributed by atoms with E-state index in [4.69, 9.17) is 0 Å². The number of rotatable bonds is 9. The first-order valence-electron chi connectivity index (χ1n) is 13.7. The van der Waals surface area contributed by atoms with Gasteiger partial charge in [-0.3, -0.25) is 19.2 Å². The summed E-state index contributed by atoms with van der Waals surface area (Å²) in [7, 11) is 0. The molecule has 0 saturated carbocycles. The number of carbonyl (C=O) groups excluding carboxylic acids is 4. The normalized spacial score (nSPS) is 13.8. The van der Waals surface area contributed by atoms with Gasteiger partial charge in [0.15, 0.2) is 11.6 Å². The average molecular weight is 549 g/mol. The summed E-state index contributed by atoms with van der Waals surface area (Å²) in [5, 5.41) is 6.04. The maximum absolute atomic E-state index is 12.4. The molecule has 2 aromatic rings. The van der Waals surface area contributed by atoms with Gasteiger partial charge in [0.1, 0.15) is 0 Å². The van der Waals surface area contributed by atoms with Crippen molar-refractivity contribution in [2.45, 2.75) is 47.0 Å². The molecule has 2 aliphatic carbocycles. The summed E-state index contributed by atoms with van der Waals surface area (Å²) in [6.45, 7) is 9.15. The molecule has 0 atom stereocenters. The molecule has 4 rings (SSSR count). The topological polar surface area (TPSA) is 92.3 Å². The van der Waals surface area contributed by atoms with Crippen LogP contribution in [0.5, 0.6) is 0 Å². The first-order chi connectivity index (χ1) is 19.7. The molecule has 0 heterocycles. The highest BCUT2D eigenvalue weighted by Crippen LogP contribution is 2.20. The van der Waals surface area contributed by atoms with Crippen LogP contribution in [0.1, 0.15) is 88.4 Å². The molecule has 2 N–H and O–H groups in total. The van der Waals surface area contributed by atoms with Crippen molar-refractivity contribution in [3.05, 3.63) is 118 Å². The lowest BCUT2D eigenvalue weighted by Gasteiger charge is -2.15. The lowest BCUT2D eigenvalue weighted by molar-refractivity contribution is 0.0978. The zero-order valence-corrected chi connectivity index (χ0v) is 24.1. The smallest absolute Gasteiger partial charge is 0.209 e. The van der Waals surface area contributed by atoms with Gasteiger partial charge in [-0.25, -0.2) is 0 Å². The minimum Gasteiger partial charge on any atom is -0.381 e. The second-order valence-electron chi connectivity index (χ2n) is 9.95. The van der Waals surface area contributed by atoms with Crippen molar-refractivity contribution in [2.24, 2.45) is 0 Å². The van der Waals surface area contributed by atoms with Crippen LogP contribution in [-0.4, -0.2) is 36.2 Å². The molecule has 0 spiro atoms. The molecule has 0 amide bonds. The van der Waals surface area contributed by atoms with E-state index in [1.54, 1.807) is 55.5 Å². The molecule has 41 heavy (non-hydrogen) atoms. The highest BCUT2D eigenvalue weighted by Gasteiger charge is 2.25. The van der Waals surface area contributed by atoms with Gasteiger partial charge < -0.3 is 10.6 Å². The summed E-state index contributed by atoms with van der Waals surface area (Å²) in [6, 6.07) is 13.8. The van der Waals surface area contributed by atoms with Gasteiger partial charge in [-0.15, -0.1) is 11.8 Å². The maximum Gasteiger partial charge on any atom is 0.209 e. The number of hydrogen-bond donors (Lipinski definition) is 2. The molecule has 2 aliphatic rings. The van der Waals surface area contributed by atoms with E-state index in [-0.39, 0.29) is 23.1 Å². The predicted octanol–water partition coefficient (Wildman–Crippen LogP) is 6.18. The number of fused-ring (bicyclic) bond motifs is 2. The van der Waals surface area contributed by atoms with Crippen molar-refractivity contribution in [1.29, 1.82) is 0 Å². The van der Waals surface area contributed by atoms with Crippen LogP contribution in [0.4, 0.5) is 0 Å². The van der Waals surface area contributed by atoms with Gasteiger partial charge in [-0.1, -0.05) is 71.8 Å². The highest BCUT2D eigenvalue weighted by molar-refractivity contribution is 6.25. The molecule has 0 saturated heterocycles. The van der Waals surface area contributed by atoms with Gasteiger partial charge in [0, 0.05) is 53.9 Å². The average Bonchev–Trinajstić information content (AvgIpc) is 2.96. The lowest BCUT2D eigenvalue weighted by Crippen LogP contribution is -2.27. The summed E-state index contributed by atoms with van der Waals surface area (Å²) in [5.41, 5.74) is 5.23. The first-order valence-corrected chi connectivity index (χ1v) is 13.7. The molecule has 6 heteroatoms. The zero-order chi connectivity index (χ0) is 29.8. The van der Waals surface area contributed by atoms with Crippen LogP contribution in [0.15, 0.2) is 95.4 Å². The number of Topliss-reactive ketones (excluding diaryl/α,β-unsaturated/α-hetero) is 2. The quantitative estimate of drug-likeness (QED) is 0.221. The second kappa shape index (κ2) is 15.1. The number of ketones is 4. The molecule has 0 unspecified atom stereocenters. The van der Waals surface area contributed by atoms with E-state index in [2.05, 4.69) is 55.4 Å². The van der Waals surface area contributed by atoms with E-state index < -0.39 is 0 Å². The fourth-order valence-corrected chi connectivity index (χ4v) is 4.30. The Morgan fingerprint density at radius 2 is 1.24 bits per heavy atom. The number of hydrogen-bond acceptors (Lipinski definition) is 6. The van der Waals surface area contributed by atoms with Crippen molar-refractivity contribution in [1.82, 2.24) is 10.6 Å². The Bertz CT molecular complexity index is 1520. The summed E-state index contributed by atoms with van der Waals surface area (Å²) >= 11 is 0. The Morgan fingerprint density at radius 3 is 1.76 bits per heavy atom. The number of benzene rings is 2. The van der Waals surface area contributed by atoms with Gasteiger partial charge in [-0.05, 0) is 40.5 Å². The molecular formula is C35H36N2O4. The third kappa shape index (κ3) is 8.61. The molecular weight excluding hydrogens is 512 g/mol. The molecule has 0 fully saturated rings. The van der Waals surface area contributed by atoms with E-state index in [0.717, 1.165) is 12.8 Å². The monoisotopic (exact) mass is 548 g/mol. The molecule has 0 radical (unpaired) electrons. The molecule has 0 aliphatic heterocycles. The van der Waals surface area contributed by atoms with Gasteiger partial charge in [0.25, 0.3) is 0 Å². The Hall–Kier alpha value is -4.76. The van der Waals surface area contributed by atoms with Crippen molar-refractivity contribution in [3.63, 3.8) is 0 Å². The number of allylic oxidation sites excluding steroid dienone is 7. The number of nitrogens with one attached hydrogen (secondary N) is 2. The van der Waals surface area contributed by atoms with Crippen LogP contribution in [0, 0.1) is 11.8 Å². The van der Waals surface area contributed by atoms with Crippen LogP contribution in [0.25, 0.3) is 0 Å². The fourth-order valence-electron chi connectivity index (χ4n) is 4.30. The van der Waals surface area contributed by atoms with Crippen LogP contribution in [0.2, 0.25) is 0 Å². The molecule has 0 aromatic heterocycles. The molecule has 210 valence electrons. The maximum atomic E-state index is 12.4. The lowest BCUT2D eigenvalue weighted by atomic mass is 9.93. The Morgan fingerprint density at radius 1 is 0.732 bits per heavy atom. The standard InChI is InChI=1S/C20H23NO2.C15H13NO2/c1-14(2)7-6-8-15(3)11-12-21-18-13-19(22)16-9-4-5-10-17(16)20(18)23;1-2-3-6-9-16-13-10-14(17)11-7-4-5-8-12(11)15(13)18/h4-5,7,9-11,13,21H,6,8,12H2,1-3H3;4-5,7-8,10,16H,6,9H2,1H3/b15-11+;. The Kier molecular flexibility index (Phi) is 11.4. The van der Waals surface area contributed by atoms with Gasteiger partial charge in [0.2, 0.25) is 11.6 Å². The molecule has 6 nitrogen and oxygen atoms in total. The van der Waals surface area contributed by atoms with Crippen molar-refractivity contribution in [2.75, 3.05) is 13.1 Å². The van der Waals surface area contributed by atoms with Crippen molar-refractivity contribution >= 4 is 23.1 Å². The van der Waals surface area contributed by atoms with Crippen molar-refractivity contribution in [3.8, 4) is 11.8 Å². The van der Waals surface area contributed by atoms with Crippen LogP contribution in [0.3, 0.4) is 0 Å². The minimum absolute atomic E-state index is 0.115. The zero-order valence-electron chi connectivity index (χ0n) is 24.1. The fraction of sp³-hybridized carbons (Fsp3) is 0.257. The third-order valence-electron chi connectivity index (χ3n) is 6.49. The Balaban J connectivity index is 0.000000232. The molecule has 2 aromatic carbocycles. The SMILES string of the molecule is CC#CCCNC1=CC(=O)c2ccccc2C1=O.CC(C)=CCC/C(C)=C/CNC1=CC(=O)c2ccccc2C1=O. The summed E-state index contributed by atoms with van der Waals surface area (Å²) < 4.78 is 0. The van der Waals surface area contributed by atoms with E-state index in [1.165, 1.54) is 23.3 Å². The molecule has 0 bridgehead atoms. The van der Waals surface area contributed by atoms with E-state index in [9.17, 15) is 19.2 Å². The van der Waals surface area contributed by atoms with Crippen LogP contribution in [-0.2, 0) is 0 Å². The second-order valence-corrected chi connectivity index (χ2v) is 9.95. The predicted molar refractivity (Wildman–Crippen MR) is 163 cm³/mol. The van der Waals surface area contributed by atoms with Gasteiger partial charge in [-0.2, -0.15) is 0 Å². The minimum atomic E-state index is -0.130. The summed E-state index contributed by atoms with van der Waals surface area (Å²) in [4.78, 5) is 48.4. The van der Waals surface area contributed by atoms with Crippen LogP contribution >= 0.6 is 0 Å². The highest BCUT2D eigenvalue weighted by atomic mass is 16.1. The first kappa shape index (κ1) is 30.8. The third-order valence-corrected chi connectivity index (χ3v) is 6.49. The van der Waals surface area contributed by atoms with Crippen LogP contribution < -0.4 is 10.6 Å². The van der Waals surface area contributed by atoms with E-state index in [1.807, 2.05) is 0 Å². The van der Waals surface area contributed by atoms with Gasteiger partial charge >= 0.3 is 0 Å². The Labute approximate surface area is 242 Å².